The Morgan fingerprint density at radius 2 is 1.05 bits per heavy atom. The van der Waals surface area contributed by atoms with Gasteiger partial charge in [0.05, 0.1) is 0 Å². The van der Waals surface area contributed by atoms with Crippen LogP contribution in [0.25, 0.3) is 0 Å². The minimum atomic E-state index is -1.45. The molecule has 0 rings (SSSR count). The highest BCUT2D eigenvalue weighted by atomic mass is 16.4. The molecule has 0 atom stereocenters. The Hall–Kier alpha value is -2.43. The van der Waals surface area contributed by atoms with Gasteiger partial charge in [0, 0.05) is 0 Å². The normalized spacial score (nSPS) is 14.2. The van der Waals surface area contributed by atoms with Crippen LogP contribution >= 0.6 is 0 Å². The van der Waals surface area contributed by atoms with E-state index in [0.717, 1.165) is 0 Å². The molecule has 5 nitrogen and oxygen atoms in total. The molecule has 0 heterocycles. The summed E-state index contributed by atoms with van der Waals surface area (Å²) in [5.41, 5.74) is -0.664. The van der Waals surface area contributed by atoms with E-state index >= 15 is 0 Å². The average Bonchev–Trinajstić information content (AvgIpc) is 2.28. The van der Waals surface area contributed by atoms with Crippen molar-refractivity contribution in [3.63, 3.8) is 0 Å². The molecule has 0 saturated heterocycles. The summed E-state index contributed by atoms with van der Waals surface area (Å²) in [4.78, 5) is 34.7. The van der Waals surface area contributed by atoms with Gasteiger partial charge in [0.2, 0.25) is 5.78 Å². The number of rotatable bonds is 6. The predicted octanol–water partition coefficient (Wildman–Crippen LogP) is 2.51. The second kappa shape index (κ2) is 7.89. The topological polar surface area (TPSA) is 91.7 Å². The molecule has 0 aromatic rings. The van der Waals surface area contributed by atoms with E-state index in [9.17, 15) is 14.4 Å². The molecule has 0 fully saturated rings. The predicted molar refractivity (Wildman–Crippen MR) is 75.3 cm³/mol. The summed E-state index contributed by atoms with van der Waals surface area (Å²) in [6, 6.07) is 0. The van der Waals surface area contributed by atoms with Crippen molar-refractivity contribution >= 4 is 17.7 Å². The van der Waals surface area contributed by atoms with Gasteiger partial charge in [0.1, 0.15) is 11.1 Å². The molecule has 0 aromatic carbocycles. The van der Waals surface area contributed by atoms with Gasteiger partial charge in [-0.1, -0.05) is 24.3 Å². The lowest BCUT2D eigenvalue weighted by Gasteiger charge is -2.07. The first-order valence-corrected chi connectivity index (χ1v) is 5.96. The number of carbonyl (C=O) groups excluding carboxylic acids is 1. The lowest BCUT2D eigenvalue weighted by molar-refractivity contribution is -0.135. The number of Topliss-reactive ketones (excluding diaryl/α,β-unsaturated/α-hetero) is 1. The van der Waals surface area contributed by atoms with E-state index in [4.69, 9.17) is 10.2 Å². The fourth-order valence-electron chi connectivity index (χ4n) is 1.68. The second-order valence-electron chi connectivity index (χ2n) is 4.06. The van der Waals surface area contributed by atoms with Crippen LogP contribution in [0.1, 0.15) is 27.7 Å². The molecule has 0 aliphatic rings. The van der Waals surface area contributed by atoms with Crippen molar-refractivity contribution < 1.29 is 24.6 Å². The van der Waals surface area contributed by atoms with Crippen LogP contribution < -0.4 is 0 Å². The van der Waals surface area contributed by atoms with E-state index < -0.39 is 28.9 Å². The van der Waals surface area contributed by atoms with E-state index in [1.54, 1.807) is 26.0 Å². The van der Waals surface area contributed by atoms with Crippen LogP contribution in [0.3, 0.4) is 0 Å². The highest BCUT2D eigenvalue weighted by molar-refractivity contribution is 6.32. The van der Waals surface area contributed by atoms with Crippen molar-refractivity contribution in [2.24, 2.45) is 0 Å². The Balaban J connectivity index is 6.16. The first-order chi connectivity index (χ1) is 9.27. The molecule has 108 valence electrons. The molecule has 2 N–H and O–H groups in total. The zero-order chi connectivity index (χ0) is 15.9. The van der Waals surface area contributed by atoms with Gasteiger partial charge in [-0.3, -0.25) is 4.79 Å². The van der Waals surface area contributed by atoms with Crippen LogP contribution in [-0.2, 0) is 14.4 Å². The number of hydrogen-bond acceptors (Lipinski definition) is 3. The summed E-state index contributed by atoms with van der Waals surface area (Å²) in [6.45, 7) is 6.25. The fourth-order valence-corrected chi connectivity index (χ4v) is 1.68. The zero-order valence-corrected chi connectivity index (χ0v) is 11.9. The Bertz CT molecular complexity index is 497. The van der Waals surface area contributed by atoms with Gasteiger partial charge < -0.3 is 10.2 Å². The number of hydrogen-bond donors (Lipinski definition) is 2. The monoisotopic (exact) mass is 278 g/mol. The molecular formula is C15H18O5. The third kappa shape index (κ3) is 4.35. The molecule has 0 aliphatic heterocycles. The number of allylic oxidation sites excluding steroid dienone is 6. The van der Waals surface area contributed by atoms with Crippen LogP contribution in [0.5, 0.6) is 0 Å². The van der Waals surface area contributed by atoms with Crippen molar-refractivity contribution in [3.8, 4) is 0 Å². The largest absolute Gasteiger partial charge is 0.478 e. The maximum atomic E-state index is 12.2. The van der Waals surface area contributed by atoms with E-state index in [0.29, 0.717) is 0 Å². The Labute approximate surface area is 117 Å². The second-order valence-corrected chi connectivity index (χ2v) is 4.06. The molecule has 0 bridgehead atoms. The van der Waals surface area contributed by atoms with Crippen LogP contribution in [-0.4, -0.2) is 27.9 Å². The van der Waals surface area contributed by atoms with E-state index in [1.165, 1.54) is 26.0 Å². The lowest BCUT2D eigenvalue weighted by Crippen LogP contribution is -2.21. The molecule has 0 aromatic heterocycles. The fraction of sp³-hybridized carbons (Fsp3) is 0.267. The minimum absolute atomic E-state index is 0.206. The zero-order valence-electron chi connectivity index (χ0n) is 11.9. The van der Waals surface area contributed by atoms with Crippen molar-refractivity contribution in [2.75, 3.05) is 0 Å². The minimum Gasteiger partial charge on any atom is -0.478 e. The Morgan fingerprint density at radius 3 is 1.25 bits per heavy atom. The highest BCUT2D eigenvalue weighted by Gasteiger charge is 2.28. The van der Waals surface area contributed by atoms with Gasteiger partial charge in [-0.15, -0.1) is 0 Å². The molecule has 5 heteroatoms. The van der Waals surface area contributed by atoms with Crippen LogP contribution in [0.15, 0.2) is 46.6 Å². The Kier molecular flexibility index (Phi) is 6.93. The number of ketones is 1. The number of aliphatic carboxylic acids is 2. The van der Waals surface area contributed by atoms with E-state index in [-0.39, 0.29) is 11.1 Å². The number of carboxylic acid groups (broad SMARTS) is 2. The van der Waals surface area contributed by atoms with E-state index in [1.807, 2.05) is 0 Å². The quantitative estimate of drug-likeness (QED) is 0.337. The maximum absolute atomic E-state index is 12.2. The SMILES string of the molecule is CC=CC(C)=C(C(=O)O)C(=O)C(C(=O)O)=C(C)C=CC. The van der Waals surface area contributed by atoms with Crippen LogP contribution in [0.2, 0.25) is 0 Å². The van der Waals surface area contributed by atoms with Gasteiger partial charge in [0.15, 0.2) is 0 Å². The summed E-state index contributed by atoms with van der Waals surface area (Å²) < 4.78 is 0. The van der Waals surface area contributed by atoms with Crippen LogP contribution in [0.4, 0.5) is 0 Å². The summed E-state index contributed by atoms with van der Waals surface area (Å²) in [7, 11) is 0. The van der Waals surface area contributed by atoms with Gasteiger partial charge in [-0.05, 0) is 38.8 Å². The summed E-state index contributed by atoms with van der Waals surface area (Å²) in [5.74, 6) is -3.90. The van der Waals surface area contributed by atoms with Crippen molar-refractivity contribution in [2.45, 2.75) is 27.7 Å². The third-order valence-corrected chi connectivity index (χ3v) is 2.50. The molecule has 20 heavy (non-hydrogen) atoms. The molecule has 0 radical (unpaired) electrons. The summed E-state index contributed by atoms with van der Waals surface area (Å²) >= 11 is 0. The molecule has 0 amide bonds. The lowest BCUT2D eigenvalue weighted by atomic mass is 9.95. The Morgan fingerprint density at radius 1 is 0.750 bits per heavy atom. The average molecular weight is 278 g/mol. The maximum Gasteiger partial charge on any atom is 0.339 e. The number of carbonyl (C=O) groups is 3. The first-order valence-electron chi connectivity index (χ1n) is 5.96. The summed E-state index contributed by atoms with van der Waals surface area (Å²) in [5, 5.41) is 18.3. The highest BCUT2D eigenvalue weighted by Crippen LogP contribution is 2.17. The van der Waals surface area contributed by atoms with Gasteiger partial charge in [-0.2, -0.15) is 0 Å². The number of carboxylic acids is 2. The standard InChI is InChI=1S/C15H18O5/c1-5-7-9(3)11(14(17)18)13(16)12(15(19)20)10(4)8-6-2/h5-8H,1-4H3,(H,17,18)(H,19,20). The van der Waals surface area contributed by atoms with Gasteiger partial charge >= 0.3 is 11.9 Å². The molecule has 0 saturated carbocycles. The molecule has 0 aliphatic carbocycles. The molecule has 0 spiro atoms. The first kappa shape index (κ1) is 17.6. The molecular weight excluding hydrogens is 260 g/mol. The third-order valence-electron chi connectivity index (χ3n) is 2.50. The van der Waals surface area contributed by atoms with Crippen LogP contribution in [0, 0.1) is 0 Å². The molecule has 0 unspecified atom stereocenters. The van der Waals surface area contributed by atoms with Gasteiger partial charge in [-0.25, -0.2) is 9.59 Å². The van der Waals surface area contributed by atoms with Crippen molar-refractivity contribution in [3.05, 3.63) is 46.6 Å². The van der Waals surface area contributed by atoms with Crippen molar-refractivity contribution in [1.82, 2.24) is 0 Å². The van der Waals surface area contributed by atoms with Gasteiger partial charge in [0.25, 0.3) is 0 Å². The smallest absolute Gasteiger partial charge is 0.339 e. The summed E-state index contributed by atoms with van der Waals surface area (Å²) in [6.07, 6.45) is 6.06. The van der Waals surface area contributed by atoms with Crippen molar-refractivity contribution in [1.29, 1.82) is 0 Å². The van der Waals surface area contributed by atoms with E-state index in [2.05, 4.69) is 0 Å².